The molecule has 150 valence electrons. The van der Waals surface area contributed by atoms with Crippen molar-refractivity contribution in [3.05, 3.63) is 74.2 Å². The molecule has 2 atom stereocenters. The smallest absolute Gasteiger partial charge is 0.408 e. The van der Waals surface area contributed by atoms with Crippen LogP contribution in [0.2, 0.25) is 0 Å². The number of carbonyl (C=O) groups excluding carboxylic acids is 1. The summed E-state index contributed by atoms with van der Waals surface area (Å²) in [6.45, 7) is 5.19. The maximum absolute atomic E-state index is 12.4. The Bertz CT molecular complexity index is 836. The second kappa shape index (κ2) is 9.05. The summed E-state index contributed by atoms with van der Waals surface area (Å²) in [5.41, 5.74) is 0.259. The number of nitro groups is 1. The van der Waals surface area contributed by atoms with Crippen molar-refractivity contribution in [3.8, 4) is 5.75 Å². The van der Waals surface area contributed by atoms with Crippen LogP contribution in [0, 0.1) is 10.1 Å². The fourth-order valence-corrected chi connectivity index (χ4v) is 3.14. The van der Waals surface area contributed by atoms with Gasteiger partial charge in [-0.25, -0.2) is 4.79 Å². The first-order chi connectivity index (χ1) is 13.1. The van der Waals surface area contributed by atoms with Crippen molar-refractivity contribution >= 4 is 22.0 Å². The van der Waals surface area contributed by atoms with Crippen molar-refractivity contribution in [2.45, 2.75) is 38.5 Å². The monoisotopic (exact) mass is 450 g/mol. The summed E-state index contributed by atoms with van der Waals surface area (Å²) in [7, 11) is 1.50. The zero-order chi connectivity index (χ0) is 20.9. The number of rotatable bonds is 6. The van der Waals surface area contributed by atoms with E-state index >= 15 is 0 Å². The first kappa shape index (κ1) is 21.7. The molecule has 1 amide bonds. The molecular formula is C20H23BrN2O5. The summed E-state index contributed by atoms with van der Waals surface area (Å²) < 4.78 is 11.3. The van der Waals surface area contributed by atoms with Gasteiger partial charge in [0.1, 0.15) is 17.4 Å². The van der Waals surface area contributed by atoms with Crippen LogP contribution in [-0.4, -0.2) is 23.7 Å². The van der Waals surface area contributed by atoms with Gasteiger partial charge in [0.05, 0.1) is 11.6 Å². The van der Waals surface area contributed by atoms with Gasteiger partial charge in [-0.2, -0.15) is 0 Å². The molecule has 0 aliphatic rings. The Labute approximate surface area is 172 Å². The largest absolute Gasteiger partial charge is 0.496 e. The minimum Gasteiger partial charge on any atom is -0.496 e. The topological polar surface area (TPSA) is 90.7 Å². The van der Waals surface area contributed by atoms with E-state index in [4.69, 9.17) is 9.47 Å². The van der Waals surface area contributed by atoms with E-state index in [-0.39, 0.29) is 0 Å². The minimum atomic E-state index is -1.21. The highest BCUT2D eigenvalue weighted by Gasteiger charge is 2.37. The predicted octanol–water partition coefficient (Wildman–Crippen LogP) is 5.04. The maximum atomic E-state index is 12.4. The van der Waals surface area contributed by atoms with Crippen molar-refractivity contribution in [1.29, 1.82) is 0 Å². The standard InChI is InChI=1S/C20H23BrN2O5/c1-20(2,3)28-19(24)22-17(14-10-11-15(21)16(12-14)27-4)18(23(25)26)13-8-6-5-7-9-13/h5-12,17-18H,1-4H3,(H,22,24). The average Bonchev–Trinajstić information content (AvgIpc) is 2.60. The Morgan fingerprint density at radius 3 is 2.32 bits per heavy atom. The number of methoxy groups -OCH3 is 1. The van der Waals surface area contributed by atoms with Crippen LogP contribution in [0.3, 0.4) is 0 Å². The number of hydrogen-bond donors (Lipinski definition) is 1. The van der Waals surface area contributed by atoms with E-state index in [1.165, 1.54) is 7.11 Å². The highest BCUT2D eigenvalue weighted by Crippen LogP contribution is 2.35. The van der Waals surface area contributed by atoms with Crippen LogP contribution < -0.4 is 10.1 Å². The highest BCUT2D eigenvalue weighted by atomic mass is 79.9. The number of amides is 1. The van der Waals surface area contributed by atoms with Gasteiger partial charge < -0.3 is 14.8 Å². The molecule has 0 aliphatic carbocycles. The number of nitrogens with one attached hydrogen (secondary N) is 1. The molecule has 0 bridgehead atoms. The molecule has 0 radical (unpaired) electrons. The lowest BCUT2D eigenvalue weighted by Gasteiger charge is -2.26. The third-order valence-corrected chi connectivity index (χ3v) is 4.55. The third kappa shape index (κ3) is 5.69. The first-order valence-corrected chi connectivity index (χ1v) is 9.43. The van der Waals surface area contributed by atoms with Gasteiger partial charge in [0.25, 0.3) is 6.04 Å². The van der Waals surface area contributed by atoms with E-state index in [2.05, 4.69) is 21.2 Å². The minimum absolute atomic E-state index is 0.411. The Balaban J connectivity index is 2.51. The molecule has 7 nitrogen and oxygen atoms in total. The van der Waals surface area contributed by atoms with Gasteiger partial charge in [-0.1, -0.05) is 36.4 Å². The molecule has 1 N–H and O–H groups in total. The van der Waals surface area contributed by atoms with Crippen LogP contribution in [0.5, 0.6) is 5.75 Å². The third-order valence-electron chi connectivity index (χ3n) is 3.89. The van der Waals surface area contributed by atoms with Gasteiger partial charge in [0.15, 0.2) is 0 Å². The molecule has 0 spiro atoms. The number of carbonyl (C=O) groups is 1. The maximum Gasteiger partial charge on any atom is 0.408 e. The summed E-state index contributed by atoms with van der Waals surface area (Å²) in [6.07, 6.45) is -0.734. The molecule has 2 aromatic rings. The molecule has 0 fully saturated rings. The first-order valence-electron chi connectivity index (χ1n) is 8.64. The van der Waals surface area contributed by atoms with Crippen LogP contribution in [-0.2, 0) is 4.74 Å². The Morgan fingerprint density at radius 2 is 1.79 bits per heavy atom. The zero-order valence-corrected chi connectivity index (χ0v) is 17.7. The summed E-state index contributed by atoms with van der Waals surface area (Å²) in [5, 5.41) is 14.6. The van der Waals surface area contributed by atoms with Gasteiger partial charge in [-0.05, 0) is 54.4 Å². The van der Waals surface area contributed by atoms with Crippen LogP contribution in [0.4, 0.5) is 4.79 Å². The lowest BCUT2D eigenvalue weighted by Crippen LogP contribution is -2.39. The second-order valence-corrected chi connectivity index (χ2v) is 8.01. The van der Waals surface area contributed by atoms with Crippen LogP contribution >= 0.6 is 15.9 Å². The lowest BCUT2D eigenvalue weighted by molar-refractivity contribution is -0.534. The molecule has 28 heavy (non-hydrogen) atoms. The Morgan fingerprint density at radius 1 is 1.14 bits per heavy atom. The average molecular weight is 451 g/mol. The van der Waals surface area contributed by atoms with E-state index < -0.39 is 28.7 Å². The molecule has 0 heterocycles. The fraction of sp³-hybridized carbons (Fsp3) is 0.350. The van der Waals surface area contributed by atoms with Gasteiger partial charge in [0.2, 0.25) is 0 Å². The SMILES string of the molecule is COc1cc(C(NC(=O)OC(C)(C)C)C(c2ccccc2)[N+](=O)[O-])ccc1Br. The zero-order valence-electron chi connectivity index (χ0n) is 16.1. The number of ether oxygens (including phenoxy) is 2. The summed E-state index contributed by atoms with van der Waals surface area (Å²) in [5.74, 6) is 0.503. The fourth-order valence-electron chi connectivity index (χ4n) is 2.74. The quantitative estimate of drug-likeness (QED) is 0.491. The summed E-state index contributed by atoms with van der Waals surface area (Å²) >= 11 is 3.37. The molecule has 2 unspecified atom stereocenters. The number of alkyl carbamates (subject to hydrolysis) is 1. The van der Waals surface area contributed by atoms with E-state index in [1.807, 2.05) is 0 Å². The molecule has 0 saturated heterocycles. The van der Waals surface area contributed by atoms with Crippen molar-refractivity contribution in [1.82, 2.24) is 5.32 Å². The molecule has 0 aromatic heterocycles. The van der Waals surface area contributed by atoms with Gasteiger partial charge in [-0.15, -0.1) is 0 Å². The van der Waals surface area contributed by atoms with E-state index in [9.17, 15) is 14.9 Å². The van der Waals surface area contributed by atoms with Crippen molar-refractivity contribution in [3.63, 3.8) is 0 Å². The molecule has 2 aromatic carbocycles. The van der Waals surface area contributed by atoms with E-state index in [0.717, 1.165) is 0 Å². The molecule has 0 aliphatic heterocycles. The van der Waals surface area contributed by atoms with Gasteiger partial charge >= 0.3 is 6.09 Å². The van der Waals surface area contributed by atoms with Gasteiger partial charge in [0, 0.05) is 10.5 Å². The van der Waals surface area contributed by atoms with E-state index in [1.54, 1.807) is 69.3 Å². The van der Waals surface area contributed by atoms with Gasteiger partial charge in [-0.3, -0.25) is 10.1 Å². The normalized spacial score (nSPS) is 13.3. The Hall–Kier alpha value is -2.61. The number of halogens is 1. The number of nitrogens with zero attached hydrogens (tertiary/aromatic N) is 1. The van der Waals surface area contributed by atoms with Crippen LogP contribution in [0.1, 0.15) is 44.0 Å². The molecule has 0 saturated carbocycles. The van der Waals surface area contributed by atoms with Crippen molar-refractivity contribution in [2.75, 3.05) is 7.11 Å². The molecular weight excluding hydrogens is 428 g/mol. The number of hydrogen-bond acceptors (Lipinski definition) is 5. The Kier molecular flexibility index (Phi) is 7.01. The van der Waals surface area contributed by atoms with Crippen LogP contribution in [0.25, 0.3) is 0 Å². The highest BCUT2D eigenvalue weighted by molar-refractivity contribution is 9.10. The summed E-state index contributed by atoms with van der Waals surface area (Å²) in [4.78, 5) is 24.0. The second-order valence-electron chi connectivity index (χ2n) is 7.16. The van der Waals surface area contributed by atoms with Crippen molar-refractivity contribution < 1.29 is 19.2 Å². The lowest BCUT2D eigenvalue weighted by atomic mass is 9.93. The van der Waals surface area contributed by atoms with Crippen molar-refractivity contribution in [2.24, 2.45) is 0 Å². The summed E-state index contributed by atoms with van der Waals surface area (Å²) in [6, 6.07) is 11.4. The van der Waals surface area contributed by atoms with Crippen LogP contribution in [0.15, 0.2) is 53.0 Å². The predicted molar refractivity (Wildman–Crippen MR) is 109 cm³/mol. The number of benzene rings is 2. The molecule has 8 heteroatoms. The molecule has 2 rings (SSSR count). The van der Waals surface area contributed by atoms with E-state index in [0.29, 0.717) is 21.3 Å².